The first-order valence-electron chi connectivity index (χ1n) is 14.3. The number of anilines is 1. The van der Waals surface area contributed by atoms with Gasteiger partial charge in [-0.2, -0.15) is 0 Å². The fourth-order valence-electron chi connectivity index (χ4n) is 4.85. The van der Waals surface area contributed by atoms with Crippen molar-refractivity contribution in [2.45, 2.75) is 37.8 Å². The molecule has 1 atom stereocenters. The van der Waals surface area contributed by atoms with E-state index in [2.05, 4.69) is 21.2 Å². The van der Waals surface area contributed by atoms with E-state index in [1.807, 2.05) is 61.5 Å². The van der Waals surface area contributed by atoms with Gasteiger partial charge in [-0.05, 0) is 67.4 Å². The third-order valence-corrected chi connectivity index (χ3v) is 9.75. The zero-order valence-corrected chi connectivity index (χ0v) is 28.4. The van der Waals surface area contributed by atoms with E-state index in [9.17, 15) is 18.0 Å². The van der Waals surface area contributed by atoms with Crippen molar-refractivity contribution >= 4 is 55.1 Å². The van der Waals surface area contributed by atoms with Crippen LogP contribution in [-0.2, 0) is 32.6 Å². The number of nitrogens with zero attached hydrogens (tertiary/aromatic N) is 2. The average Bonchev–Trinajstić information content (AvgIpc) is 3.02. The van der Waals surface area contributed by atoms with Crippen molar-refractivity contribution in [3.8, 4) is 5.75 Å². The third-order valence-electron chi connectivity index (χ3n) is 7.18. The largest absolute Gasteiger partial charge is 0.495 e. The molecular formula is C34H35BrClN3O5S. The number of sulfonamides is 1. The second-order valence-electron chi connectivity index (χ2n) is 10.4. The summed E-state index contributed by atoms with van der Waals surface area (Å²) in [6.07, 6.45) is 0.228. The number of amides is 2. The molecule has 0 heterocycles. The van der Waals surface area contributed by atoms with Crippen LogP contribution in [0, 0.1) is 6.92 Å². The van der Waals surface area contributed by atoms with Gasteiger partial charge < -0.3 is 15.0 Å². The first-order chi connectivity index (χ1) is 21.5. The number of carbonyl (C=O) groups is 2. The Balaban J connectivity index is 1.82. The Bertz CT molecular complexity index is 1740. The molecular weight excluding hydrogens is 678 g/mol. The molecule has 0 aliphatic heterocycles. The quantitative estimate of drug-likeness (QED) is 0.173. The highest BCUT2D eigenvalue weighted by Gasteiger charge is 2.34. The molecule has 0 fully saturated rings. The van der Waals surface area contributed by atoms with E-state index in [-0.39, 0.29) is 34.5 Å². The van der Waals surface area contributed by atoms with Crippen LogP contribution in [0.5, 0.6) is 5.75 Å². The molecule has 236 valence electrons. The lowest BCUT2D eigenvalue weighted by atomic mass is 10.0. The van der Waals surface area contributed by atoms with E-state index < -0.39 is 28.5 Å². The number of methoxy groups -OCH3 is 1. The first-order valence-corrected chi connectivity index (χ1v) is 16.9. The Kier molecular flexibility index (Phi) is 11.7. The van der Waals surface area contributed by atoms with E-state index in [1.165, 1.54) is 36.3 Å². The van der Waals surface area contributed by atoms with Crippen molar-refractivity contribution in [2.24, 2.45) is 0 Å². The summed E-state index contributed by atoms with van der Waals surface area (Å²) in [5.41, 5.74) is 2.68. The summed E-state index contributed by atoms with van der Waals surface area (Å²) in [5.74, 6) is -0.551. The number of carbonyl (C=O) groups excluding carboxylic acids is 2. The second-order valence-corrected chi connectivity index (χ2v) is 13.6. The van der Waals surface area contributed by atoms with Crippen LogP contribution in [-0.4, -0.2) is 51.4 Å². The normalized spacial score (nSPS) is 11.8. The molecule has 0 aliphatic carbocycles. The van der Waals surface area contributed by atoms with Crippen molar-refractivity contribution in [2.75, 3.05) is 24.5 Å². The van der Waals surface area contributed by atoms with Crippen LogP contribution in [0.4, 0.5) is 5.69 Å². The Morgan fingerprint density at radius 1 is 0.933 bits per heavy atom. The van der Waals surface area contributed by atoms with Gasteiger partial charge in [0.25, 0.3) is 10.0 Å². The predicted octanol–water partition coefficient (Wildman–Crippen LogP) is 6.39. The van der Waals surface area contributed by atoms with Crippen LogP contribution in [0.3, 0.4) is 0 Å². The van der Waals surface area contributed by atoms with Crippen LogP contribution < -0.4 is 14.4 Å². The molecule has 4 aromatic carbocycles. The Morgan fingerprint density at radius 3 is 2.24 bits per heavy atom. The highest BCUT2D eigenvalue weighted by atomic mass is 79.9. The summed E-state index contributed by atoms with van der Waals surface area (Å²) in [5, 5.41) is 3.04. The van der Waals surface area contributed by atoms with E-state index in [0.717, 1.165) is 25.5 Å². The first kappa shape index (κ1) is 34.0. The topological polar surface area (TPSA) is 96.0 Å². The highest BCUT2D eigenvalue weighted by molar-refractivity contribution is 9.10. The molecule has 2 amide bonds. The van der Waals surface area contributed by atoms with Gasteiger partial charge in [-0.3, -0.25) is 13.9 Å². The number of halogens is 2. The lowest BCUT2D eigenvalue weighted by molar-refractivity contribution is -0.140. The van der Waals surface area contributed by atoms with Gasteiger partial charge >= 0.3 is 0 Å². The highest BCUT2D eigenvalue weighted by Crippen LogP contribution is 2.32. The molecule has 0 aliphatic rings. The summed E-state index contributed by atoms with van der Waals surface area (Å²) in [4.78, 5) is 29.5. The molecule has 1 N–H and O–H groups in total. The molecule has 4 rings (SSSR count). The summed E-state index contributed by atoms with van der Waals surface area (Å²) >= 11 is 9.92. The summed E-state index contributed by atoms with van der Waals surface area (Å²) < 4.78 is 35.4. The van der Waals surface area contributed by atoms with Crippen LogP contribution >= 0.6 is 27.5 Å². The molecule has 0 saturated carbocycles. The molecule has 0 unspecified atom stereocenters. The minimum Gasteiger partial charge on any atom is -0.495 e. The zero-order valence-electron chi connectivity index (χ0n) is 25.2. The molecule has 0 saturated heterocycles. The van der Waals surface area contributed by atoms with E-state index in [0.29, 0.717) is 12.3 Å². The van der Waals surface area contributed by atoms with E-state index >= 15 is 0 Å². The minimum atomic E-state index is -4.25. The maximum absolute atomic E-state index is 14.5. The van der Waals surface area contributed by atoms with Crippen LogP contribution in [0.15, 0.2) is 106 Å². The maximum atomic E-state index is 14.5. The second kappa shape index (κ2) is 15.4. The number of likely N-dealkylation sites (N-methyl/N-ethyl adjacent to an activating group) is 1. The van der Waals surface area contributed by atoms with Gasteiger partial charge in [-0.1, -0.05) is 87.7 Å². The Labute approximate surface area is 278 Å². The van der Waals surface area contributed by atoms with Gasteiger partial charge in [0.05, 0.1) is 22.7 Å². The van der Waals surface area contributed by atoms with Gasteiger partial charge in [-0.15, -0.1) is 0 Å². The monoisotopic (exact) mass is 711 g/mol. The zero-order chi connectivity index (χ0) is 32.6. The Morgan fingerprint density at radius 2 is 1.62 bits per heavy atom. The van der Waals surface area contributed by atoms with Gasteiger partial charge in [0, 0.05) is 24.0 Å². The summed E-state index contributed by atoms with van der Waals surface area (Å²) in [7, 11) is -2.79. The van der Waals surface area contributed by atoms with Crippen molar-refractivity contribution in [3.05, 3.63) is 123 Å². The number of nitrogens with one attached hydrogen (secondary N) is 1. The number of ether oxygens (including phenoxy) is 1. The van der Waals surface area contributed by atoms with Gasteiger partial charge in [-0.25, -0.2) is 8.42 Å². The van der Waals surface area contributed by atoms with Crippen molar-refractivity contribution < 1.29 is 22.7 Å². The van der Waals surface area contributed by atoms with Gasteiger partial charge in [0.1, 0.15) is 18.3 Å². The molecule has 11 heteroatoms. The summed E-state index contributed by atoms with van der Waals surface area (Å²) in [6.45, 7) is 3.50. The maximum Gasteiger partial charge on any atom is 0.264 e. The Hall–Kier alpha value is -3.86. The smallest absolute Gasteiger partial charge is 0.264 e. The SMILES string of the molecule is CCNC(=O)[C@H](Cc1ccccc1)N(Cc1cccc(Br)c1)C(=O)CN(c1ccc(OC)c(Cl)c1)S(=O)(=O)c1ccc(C)cc1. The molecule has 0 bridgehead atoms. The number of hydrogen-bond acceptors (Lipinski definition) is 5. The number of rotatable bonds is 13. The van der Waals surface area contributed by atoms with Crippen LogP contribution in [0.25, 0.3) is 0 Å². The molecule has 0 aromatic heterocycles. The van der Waals surface area contributed by atoms with Gasteiger partial charge in [0.2, 0.25) is 11.8 Å². The standard InChI is InChI=1S/C34H35BrClN3O5S/c1-4-37-34(41)31(20-25-9-6-5-7-10-25)38(22-26-11-8-12-27(35)19-26)33(40)23-39(28-15-18-32(44-3)30(36)21-28)45(42,43)29-16-13-24(2)14-17-29/h5-19,21,31H,4,20,22-23H2,1-3H3,(H,37,41)/t31-/m0/s1. The molecule has 0 radical (unpaired) electrons. The lowest BCUT2D eigenvalue weighted by Gasteiger charge is -2.34. The molecule has 4 aromatic rings. The lowest BCUT2D eigenvalue weighted by Crippen LogP contribution is -2.53. The number of aryl methyl sites for hydroxylation is 1. The van der Waals surface area contributed by atoms with Crippen molar-refractivity contribution in [3.63, 3.8) is 0 Å². The van der Waals surface area contributed by atoms with Crippen molar-refractivity contribution in [1.29, 1.82) is 0 Å². The van der Waals surface area contributed by atoms with E-state index in [1.54, 1.807) is 25.1 Å². The predicted molar refractivity (Wildman–Crippen MR) is 181 cm³/mol. The fourth-order valence-corrected chi connectivity index (χ4v) is 6.96. The van der Waals surface area contributed by atoms with Crippen LogP contribution in [0.2, 0.25) is 5.02 Å². The fraction of sp³-hybridized carbons (Fsp3) is 0.235. The molecule has 8 nitrogen and oxygen atoms in total. The minimum absolute atomic E-state index is 0.0101. The van der Waals surface area contributed by atoms with Gasteiger partial charge in [0.15, 0.2) is 0 Å². The van der Waals surface area contributed by atoms with Crippen LogP contribution in [0.1, 0.15) is 23.6 Å². The van der Waals surface area contributed by atoms with Crippen molar-refractivity contribution in [1.82, 2.24) is 10.2 Å². The average molecular weight is 713 g/mol. The summed E-state index contributed by atoms with van der Waals surface area (Å²) in [6, 6.07) is 26.8. The molecule has 0 spiro atoms. The number of hydrogen-bond donors (Lipinski definition) is 1. The number of benzene rings is 4. The third kappa shape index (κ3) is 8.65. The van der Waals surface area contributed by atoms with E-state index in [4.69, 9.17) is 16.3 Å². The molecule has 45 heavy (non-hydrogen) atoms.